The maximum absolute atomic E-state index is 13.5. The van der Waals surface area contributed by atoms with Gasteiger partial charge in [0.05, 0.1) is 14.2 Å². The maximum atomic E-state index is 13.5. The second-order valence-corrected chi connectivity index (χ2v) is 10.4. The van der Waals surface area contributed by atoms with E-state index in [1.165, 1.54) is 20.3 Å². The number of aliphatic imine (C=N–C) groups is 1. The van der Waals surface area contributed by atoms with Crippen molar-refractivity contribution in [3.63, 3.8) is 0 Å². The van der Waals surface area contributed by atoms with E-state index >= 15 is 0 Å². The number of aryl methyl sites for hydroxylation is 1. The number of carbonyl (C=O) groups is 4. The Morgan fingerprint density at radius 2 is 1.67 bits per heavy atom. The molecule has 0 saturated heterocycles. The van der Waals surface area contributed by atoms with Gasteiger partial charge in [-0.05, 0) is 84.5 Å². The summed E-state index contributed by atoms with van der Waals surface area (Å²) in [5.74, 6) is -1.32. The first-order valence-corrected chi connectivity index (χ1v) is 14.4. The number of methoxy groups -OCH3 is 2. The number of hydrogen-bond acceptors (Lipinski definition) is 8. The maximum Gasteiger partial charge on any atom is 0.407 e. The summed E-state index contributed by atoms with van der Waals surface area (Å²) >= 11 is 2.09. The molecule has 42 heavy (non-hydrogen) atoms. The van der Waals surface area contributed by atoms with Crippen molar-refractivity contribution in [2.75, 3.05) is 20.8 Å². The lowest BCUT2D eigenvalue weighted by molar-refractivity contribution is -0.145. The zero-order valence-electron chi connectivity index (χ0n) is 24.2. The molecule has 1 aromatic carbocycles. The Morgan fingerprint density at radius 3 is 2.24 bits per heavy atom. The molecule has 1 rings (SSSR count). The van der Waals surface area contributed by atoms with Crippen LogP contribution in [0.3, 0.4) is 0 Å². The fourth-order valence-electron chi connectivity index (χ4n) is 3.78. The largest absolute Gasteiger partial charge is 0.476 e. The molecule has 13 nitrogen and oxygen atoms in total. The van der Waals surface area contributed by atoms with Crippen molar-refractivity contribution in [3.05, 3.63) is 54.6 Å². The van der Waals surface area contributed by atoms with Gasteiger partial charge in [-0.2, -0.15) is 0 Å². The molecule has 0 spiro atoms. The second-order valence-electron chi connectivity index (χ2n) is 9.16. The van der Waals surface area contributed by atoms with Gasteiger partial charge in [-0.15, -0.1) is 6.58 Å². The first kappa shape index (κ1) is 36.2. The van der Waals surface area contributed by atoms with Crippen LogP contribution < -0.4 is 32.2 Å². The molecule has 3 amide bonds. The monoisotopic (exact) mass is 700 g/mol. The van der Waals surface area contributed by atoms with Gasteiger partial charge in [-0.3, -0.25) is 14.6 Å². The molecule has 0 unspecified atom stereocenters. The lowest BCUT2D eigenvalue weighted by atomic mass is 9.99. The number of guanidine groups is 1. The minimum Gasteiger partial charge on any atom is -0.476 e. The first-order valence-electron chi connectivity index (χ1n) is 13.2. The molecule has 0 fully saturated rings. The third-order valence-electron chi connectivity index (χ3n) is 6.00. The molecule has 7 N–H and O–H groups in total. The summed E-state index contributed by atoms with van der Waals surface area (Å²) in [5.41, 5.74) is 12.3. The fourth-order valence-corrected chi connectivity index (χ4v) is 4.08. The van der Waals surface area contributed by atoms with E-state index in [0.717, 1.165) is 11.1 Å². The van der Waals surface area contributed by atoms with Crippen molar-refractivity contribution in [1.29, 1.82) is 0 Å². The third-order valence-corrected chi connectivity index (χ3v) is 6.76. The molecule has 0 aliphatic rings. The van der Waals surface area contributed by atoms with Crippen LogP contribution in [0.1, 0.15) is 36.8 Å². The van der Waals surface area contributed by atoms with Crippen LogP contribution in [-0.2, 0) is 30.3 Å². The van der Waals surface area contributed by atoms with Gasteiger partial charge < -0.3 is 41.6 Å². The first-order chi connectivity index (χ1) is 19.9. The minimum absolute atomic E-state index is 0.0515. The molecule has 0 aromatic heterocycles. The zero-order chi connectivity index (χ0) is 31.7. The summed E-state index contributed by atoms with van der Waals surface area (Å²) in [4.78, 5) is 55.0. The summed E-state index contributed by atoms with van der Waals surface area (Å²) in [6.45, 7) is 9.49. The number of unbranched alkanes of at least 4 members (excludes halogenated alkanes) is 1. The standard InChI is InChI=1S/C28H41IN6O7/c1-6-10-21(26(38)40-4)34-24(36)20(11-8-9-14-32-27(30)31)33-25(37)22(35-28(39)41-5)16-18-12-13-19(15-17(18)3)42-23(29)7-2/h6-7,12-13,15,20-23H,1-2,8-11,14,16H2,3-5H3,(H,33,37)(H,34,36)(H,35,39)(H4,30,31,32)/t20-,21-,22-,23-/m0/s1. The highest BCUT2D eigenvalue weighted by atomic mass is 127. The summed E-state index contributed by atoms with van der Waals surface area (Å²) in [6, 6.07) is 2.24. The average Bonchev–Trinajstić information content (AvgIpc) is 2.95. The highest BCUT2D eigenvalue weighted by Crippen LogP contribution is 2.21. The predicted octanol–water partition coefficient (Wildman–Crippen LogP) is 1.75. The lowest BCUT2D eigenvalue weighted by Crippen LogP contribution is -2.56. The number of benzene rings is 1. The van der Waals surface area contributed by atoms with Gasteiger partial charge in [0, 0.05) is 13.0 Å². The van der Waals surface area contributed by atoms with Gasteiger partial charge >= 0.3 is 12.1 Å². The van der Waals surface area contributed by atoms with Crippen LogP contribution in [0.2, 0.25) is 0 Å². The molecular weight excluding hydrogens is 659 g/mol. The van der Waals surface area contributed by atoms with Crippen molar-refractivity contribution in [3.8, 4) is 5.75 Å². The molecule has 0 aliphatic heterocycles. The Kier molecular flexibility index (Phi) is 16.7. The van der Waals surface area contributed by atoms with Gasteiger partial charge in [0.15, 0.2) is 10.1 Å². The van der Waals surface area contributed by atoms with Crippen LogP contribution in [0.15, 0.2) is 48.5 Å². The quantitative estimate of drug-likeness (QED) is 0.0288. The van der Waals surface area contributed by atoms with Crippen molar-refractivity contribution in [2.45, 2.75) is 61.3 Å². The number of nitrogens with zero attached hydrogens (tertiary/aromatic N) is 1. The van der Waals surface area contributed by atoms with E-state index in [-0.39, 0.29) is 29.3 Å². The van der Waals surface area contributed by atoms with Crippen molar-refractivity contribution in [2.24, 2.45) is 16.5 Å². The number of hydrogen-bond donors (Lipinski definition) is 5. The van der Waals surface area contributed by atoms with E-state index in [1.807, 2.05) is 13.0 Å². The Balaban J connectivity index is 3.19. The van der Waals surface area contributed by atoms with Crippen LogP contribution in [-0.4, -0.2) is 72.8 Å². The van der Waals surface area contributed by atoms with Crippen molar-refractivity contribution in [1.82, 2.24) is 16.0 Å². The number of alkyl carbamates (subject to hydrolysis) is 1. The smallest absolute Gasteiger partial charge is 0.407 e. The summed E-state index contributed by atoms with van der Waals surface area (Å²) in [6.07, 6.45) is 3.74. The number of carbonyl (C=O) groups excluding carboxylic acids is 4. The summed E-state index contributed by atoms with van der Waals surface area (Å²) in [7, 11) is 2.39. The molecule has 0 bridgehead atoms. The number of esters is 1. The van der Waals surface area contributed by atoms with E-state index in [4.69, 9.17) is 25.7 Å². The Bertz CT molecular complexity index is 1130. The highest BCUT2D eigenvalue weighted by molar-refractivity contribution is 14.1. The van der Waals surface area contributed by atoms with Crippen LogP contribution in [0, 0.1) is 6.92 Å². The number of alkyl halides is 1. The van der Waals surface area contributed by atoms with Crippen LogP contribution in [0.25, 0.3) is 0 Å². The fraction of sp³-hybridized carbons (Fsp3) is 0.464. The Hall–Kier alpha value is -3.82. The Morgan fingerprint density at radius 1 is 1.00 bits per heavy atom. The lowest BCUT2D eigenvalue weighted by Gasteiger charge is -2.25. The Labute approximate surface area is 260 Å². The topological polar surface area (TPSA) is 196 Å². The number of rotatable bonds is 18. The van der Waals surface area contributed by atoms with Crippen molar-refractivity contribution < 1.29 is 33.4 Å². The van der Waals surface area contributed by atoms with Crippen molar-refractivity contribution >= 4 is 52.4 Å². The number of nitrogens with two attached hydrogens (primary N) is 2. The van der Waals surface area contributed by atoms with E-state index < -0.39 is 42.0 Å². The minimum atomic E-state index is -1.09. The number of amides is 3. The summed E-state index contributed by atoms with van der Waals surface area (Å²) < 4.78 is 15.0. The normalized spacial score (nSPS) is 13.2. The van der Waals surface area contributed by atoms with E-state index in [1.54, 1.807) is 18.2 Å². The highest BCUT2D eigenvalue weighted by Gasteiger charge is 2.30. The zero-order valence-corrected chi connectivity index (χ0v) is 26.3. The summed E-state index contributed by atoms with van der Waals surface area (Å²) in [5, 5.41) is 7.86. The van der Waals surface area contributed by atoms with Gasteiger partial charge in [0.25, 0.3) is 0 Å². The van der Waals surface area contributed by atoms with Gasteiger partial charge in [-0.1, -0.05) is 18.7 Å². The van der Waals surface area contributed by atoms with Gasteiger partial charge in [0.1, 0.15) is 23.9 Å². The molecule has 14 heteroatoms. The van der Waals surface area contributed by atoms with Gasteiger partial charge in [-0.25, -0.2) is 9.59 Å². The second kappa shape index (κ2) is 19.3. The molecule has 0 saturated carbocycles. The van der Waals surface area contributed by atoms with Crippen LogP contribution in [0.4, 0.5) is 4.79 Å². The SMILES string of the molecule is C=CC[C@H](NC(=O)[C@H](CCCCN=C(N)N)NC(=O)[C@H](Cc1ccc(O[C@H](I)C=C)cc1C)NC(=O)OC)C(=O)OC. The van der Waals surface area contributed by atoms with Gasteiger partial charge in [0.2, 0.25) is 11.8 Å². The van der Waals surface area contributed by atoms with Crippen LogP contribution in [0.5, 0.6) is 5.75 Å². The number of halogens is 1. The number of nitrogens with one attached hydrogen (secondary N) is 3. The molecular formula is C28H41IN6O7. The third kappa shape index (κ3) is 13.2. The predicted molar refractivity (Wildman–Crippen MR) is 168 cm³/mol. The molecule has 232 valence electrons. The molecule has 0 radical (unpaired) electrons. The number of ether oxygens (including phenoxy) is 3. The van der Waals surface area contributed by atoms with E-state index in [9.17, 15) is 19.2 Å². The molecule has 1 aromatic rings. The van der Waals surface area contributed by atoms with E-state index in [2.05, 4.69) is 56.7 Å². The molecule has 4 atom stereocenters. The molecule has 0 aliphatic carbocycles. The van der Waals surface area contributed by atoms with E-state index in [0.29, 0.717) is 25.1 Å². The molecule has 0 heterocycles. The average molecular weight is 701 g/mol. The van der Waals surface area contributed by atoms with Crippen LogP contribution >= 0.6 is 22.6 Å².